The molecule has 0 saturated heterocycles. The molecule has 0 fully saturated rings. The summed E-state index contributed by atoms with van der Waals surface area (Å²) in [4.78, 5) is 16.1. The van der Waals surface area contributed by atoms with Crippen LogP contribution in [0, 0.1) is 0 Å². The average Bonchev–Trinajstić information content (AvgIpc) is 2.92. The fourth-order valence-electron chi connectivity index (χ4n) is 1.99. The minimum atomic E-state index is -0.275. The van der Waals surface area contributed by atoms with Gasteiger partial charge in [-0.2, -0.15) is 0 Å². The van der Waals surface area contributed by atoms with Crippen molar-refractivity contribution in [3.05, 3.63) is 48.3 Å². The number of amides is 1. The Kier molecular flexibility index (Phi) is 5.48. The lowest BCUT2D eigenvalue weighted by Crippen LogP contribution is -2.28. The maximum atomic E-state index is 11.9. The van der Waals surface area contributed by atoms with E-state index in [9.17, 15) is 4.79 Å². The summed E-state index contributed by atoms with van der Waals surface area (Å²) in [6.45, 7) is 0.962. The SMILES string of the molecule is COC(CN)CC(=O)Nc1nccn1Cc1ccccc1. The number of hydrogen-bond donors (Lipinski definition) is 2. The van der Waals surface area contributed by atoms with Crippen molar-refractivity contribution in [1.29, 1.82) is 0 Å². The van der Waals surface area contributed by atoms with Crippen LogP contribution >= 0.6 is 0 Å². The van der Waals surface area contributed by atoms with E-state index in [0.717, 1.165) is 5.56 Å². The highest BCUT2D eigenvalue weighted by atomic mass is 16.5. The molecule has 21 heavy (non-hydrogen) atoms. The van der Waals surface area contributed by atoms with Gasteiger partial charge in [0, 0.05) is 26.0 Å². The summed E-state index contributed by atoms with van der Waals surface area (Å²) in [5.74, 6) is 0.364. The number of anilines is 1. The number of benzene rings is 1. The topological polar surface area (TPSA) is 82.2 Å². The molecule has 1 aromatic carbocycles. The Balaban J connectivity index is 1.98. The summed E-state index contributed by atoms with van der Waals surface area (Å²) >= 11 is 0. The van der Waals surface area contributed by atoms with E-state index in [1.54, 1.807) is 13.3 Å². The van der Waals surface area contributed by atoms with Gasteiger partial charge in [-0.15, -0.1) is 0 Å². The van der Waals surface area contributed by atoms with E-state index >= 15 is 0 Å². The molecule has 6 heteroatoms. The van der Waals surface area contributed by atoms with Gasteiger partial charge in [-0.05, 0) is 5.56 Å². The van der Waals surface area contributed by atoms with Crippen LogP contribution in [0.25, 0.3) is 0 Å². The number of nitrogens with one attached hydrogen (secondary N) is 1. The highest BCUT2D eigenvalue weighted by molar-refractivity contribution is 5.89. The van der Waals surface area contributed by atoms with Crippen LogP contribution in [-0.2, 0) is 16.1 Å². The molecule has 0 aliphatic rings. The third kappa shape index (κ3) is 4.40. The molecule has 1 unspecified atom stereocenters. The zero-order chi connectivity index (χ0) is 15.1. The quantitative estimate of drug-likeness (QED) is 0.803. The molecule has 0 aliphatic heterocycles. The largest absolute Gasteiger partial charge is 0.380 e. The van der Waals surface area contributed by atoms with Gasteiger partial charge >= 0.3 is 0 Å². The van der Waals surface area contributed by atoms with Crippen molar-refractivity contribution in [1.82, 2.24) is 9.55 Å². The van der Waals surface area contributed by atoms with Crippen LogP contribution < -0.4 is 11.1 Å². The van der Waals surface area contributed by atoms with Crippen LogP contribution in [-0.4, -0.2) is 35.2 Å². The molecule has 0 spiro atoms. The van der Waals surface area contributed by atoms with E-state index in [-0.39, 0.29) is 18.4 Å². The normalized spacial score (nSPS) is 12.1. The molecule has 3 N–H and O–H groups in total. The number of nitrogens with zero attached hydrogens (tertiary/aromatic N) is 2. The van der Waals surface area contributed by atoms with Gasteiger partial charge in [0.25, 0.3) is 0 Å². The highest BCUT2D eigenvalue weighted by Crippen LogP contribution is 2.10. The monoisotopic (exact) mass is 288 g/mol. The first-order chi connectivity index (χ1) is 10.2. The van der Waals surface area contributed by atoms with Gasteiger partial charge in [0.2, 0.25) is 11.9 Å². The van der Waals surface area contributed by atoms with E-state index in [1.807, 2.05) is 41.1 Å². The van der Waals surface area contributed by atoms with E-state index in [2.05, 4.69) is 10.3 Å². The minimum absolute atomic E-state index is 0.159. The standard InChI is InChI=1S/C15H20N4O2/c1-21-13(10-16)9-14(20)18-15-17-7-8-19(15)11-12-5-3-2-4-6-12/h2-8,13H,9-11,16H2,1H3,(H,17,18,20). The molecule has 1 heterocycles. The molecule has 0 bridgehead atoms. The Labute approximate surface area is 123 Å². The first kappa shape index (κ1) is 15.2. The molecule has 2 aromatic rings. The first-order valence-electron chi connectivity index (χ1n) is 6.80. The third-order valence-electron chi connectivity index (χ3n) is 3.17. The Morgan fingerprint density at radius 1 is 1.43 bits per heavy atom. The number of ether oxygens (including phenoxy) is 1. The zero-order valence-electron chi connectivity index (χ0n) is 12.0. The molecule has 1 aromatic heterocycles. The number of aromatic nitrogens is 2. The highest BCUT2D eigenvalue weighted by Gasteiger charge is 2.13. The number of imidazole rings is 1. The average molecular weight is 288 g/mol. The lowest BCUT2D eigenvalue weighted by atomic mass is 10.2. The Bertz CT molecular complexity index is 564. The van der Waals surface area contributed by atoms with Gasteiger partial charge in [-0.1, -0.05) is 30.3 Å². The predicted molar refractivity (Wildman–Crippen MR) is 80.9 cm³/mol. The van der Waals surface area contributed by atoms with Crippen molar-refractivity contribution in [3.63, 3.8) is 0 Å². The van der Waals surface area contributed by atoms with E-state index in [4.69, 9.17) is 10.5 Å². The van der Waals surface area contributed by atoms with Crippen molar-refractivity contribution in [2.24, 2.45) is 5.73 Å². The van der Waals surface area contributed by atoms with E-state index < -0.39 is 0 Å². The summed E-state index contributed by atoms with van der Waals surface area (Å²) in [6, 6.07) is 9.99. The first-order valence-corrected chi connectivity index (χ1v) is 6.80. The van der Waals surface area contributed by atoms with Crippen LogP contribution in [0.15, 0.2) is 42.7 Å². The number of methoxy groups -OCH3 is 1. The van der Waals surface area contributed by atoms with Crippen LogP contribution in [0.5, 0.6) is 0 Å². The van der Waals surface area contributed by atoms with Gasteiger partial charge in [0.15, 0.2) is 0 Å². The van der Waals surface area contributed by atoms with E-state index in [1.165, 1.54) is 0 Å². The number of rotatable bonds is 7. The molecule has 0 radical (unpaired) electrons. The van der Waals surface area contributed by atoms with Crippen LogP contribution in [0.1, 0.15) is 12.0 Å². The second kappa shape index (κ2) is 7.56. The smallest absolute Gasteiger partial charge is 0.229 e. The fraction of sp³-hybridized carbons (Fsp3) is 0.333. The van der Waals surface area contributed by atoms with Gasteiger partial charge in [-0.3, -0.25) is 10.1 Å². The summed E-state index contributed by atoms with van der Waals surface area (Å²) in [5.41, 5.74) is 6.65. The molecule has 112 valence electrons. The van der Waals surface area contributed by atoms with Crippen molar-refractivity contribution < 1.29 is 9.53 Å². The van der Waals surface area contributed by atoms with Crippen LogP contribution in [0.3, 0.4) is 0 Å². The maximum Gasteiger partial charge on any atom is 0.229 e. The maximum absolute atomic E-state index is 11.9. The van der Waals surface area contributed by atoms with Crippen molar-refractivity contribution >= 4 is 11.9 Å². The second-order valence-electron chi connectivity index (χ2n) is 4.71. The summed E-state index contributed by atoms with van der Waals surface area (Å²) in [7, 11) is 1.54. The Morgan fingerprint density at radius 3 is 2.86 bits per heavy atom. The predicted octanol–water partition coefficient (Wildman–Crippen LogP) is 1.23. The lowest BCUT2D eigenvalue weighted by molar-refractivity contribution is -0.118. The van der Waals surface area contributed by atoms with Gasteiger partial charge in [0.1, 0.15) is 0 Å². The summed E-state index contributed by atoms with van der Waals surface area (Å²) in [5, 5.41) is 2.79. The third-order valence-corrected chi connectivity index (χ3v) is 3.17. The van der Waals surface area contributed by atoms with Gasteiger partial charge in [0.05, 0.1) is 19.1 Å². The number of nitrogens with two attached hydrogens (primary N) is 1. The summed E-state index contributed by atoms with van der Waals surface area (Å²) < 4.78 is 6.99. The zero-order valence-corrected chi connectivity index (χ0v) is 12.0. The Morgan fingerprint density at radius 2 is 2.19 bits per heavy atom. The molecule has 0 aliphatic carbocycles. The fourth-order valence-corrected chi connectivity index (χ4v) is 1.99. The van der Waals surface area contributed by atoms with E-state index in [0.29, 0.717) is 19.0 Å². The van der Waals surface area contributed by atoms with Crippen LogP contribution in [0.2, 0.25) is 0 Å². The lowest BCUT2D eigenvalue weighted by Gasteiger charge is -2.13. The summed E-state index contributed by atoms with van der Waals surface area (Å²) in [6.07, 6.45) is 3.43. The van der Waals surface area contributed by atoms with Crippen LogP contribution in [0.4, 0.5) is 5.95 Å². The minimum Gasteiger partial charge on any atom is -0.380 e. The number of carbonyl (C=O) groups is 1. The number of carbonyl (C=O) groups excluding carboxylic acids is 1. The molecular formula is C15H20N4O2. The van der Waals surface area contributed by atoms with Gasteiger partial charge in [-0.25, -0.2) is 4.98 Å². The second-order valence-corrected chi connectivity index (χ2v) is 4.71. The molecule has 1 amide bonds. The molecule has 6 nitrogen and oxygen atoms in total. The van der Waals surface area contributed by atoms with Crippen molar-refractivity contribution in [2.75, 3.05) is 19.0 Å². The van der Waals surface area contributed by atoms with Crippen molar-refractivity contribution in [2.45, 2.75) is 19.1 Å². The molecule has 1 atom stereocenters. The van der Waals surface area contributed by atoms with Crippen molar-refractivity contribution in [3.8, 4) is 0 Å². The molecule has 2 rings (SSSR count). The Hall–Kier alpha value is -2.18. The van der Waals surface area contributed by atoms with Gasteiger partial charge < -0.3 is 15.0 Å². The number of hydrogen-bond acceptors (Lipinski definition) is 4. The molecular weight excluding hydrogens is 268 g/mol. The molecule has 0 saturated carbocycles.